The van der Waals surface area contributed by atoms with Gasteiger partial charge in [-0.1, -0.05) is 73.5 Å². The highest BCUT2D eigenvalue weighted by Crippen LogP contribution is 2.32. The van der Waals surface area contributed by atoms with Crippen molar-refractivity contribution in [2.24, 2.45) is 5.92 Å². The number of hydrogen-bond acceptors (Lipinski definition) is 4. The molecule has 4 nitrogen and oxygen atoms in total. The van der Waals surface area contributed by atoms with Crippen LogP contribution in [0.4, 0.5) is 5.95 Å². The molecule has 0 atom stereocenters. The first-order valence-electron chi connectivity index (χ1n) is 8.49. The van der Waals surface area contributed by atoms with Crippen molar-refractivity contribution in [2.75, 3.05) is 11.9 Å². The summed E-state index contributed by atoms with van der Waals surface area (Å²) in [5.74, 6) is 1.50. The minimum absolute atomic E-state index is 0.606. The fourth-order valence-corrected chi connectivity index (χ4v) is 2.78. The van der Waals surface area contributed by atoms with Gasteiger partial charge >= 0.3 is 0 Å². The van der Waals surface area contributed by atoms with Gasteiger partial charge in [-0.2, -0.15) is 0 Å². The van der Waals surface area contributed by atoms with Crippen LogP contribution in [0.1, 0.15) is 19.3 Å². The molecule has 120 valence electrons. The van der Waals surface area contributed by atoms with E-state index in [1.807, 2.05) is 48.5 Å². The molecule has 0 amide bonds. The number of anilines is 1. The smallest absolute Gasteiger partial charge is 0.243 e. The first-order valence-corrected chi connectivity index (χ1v) is 8.49. The third-order valence-electron chi connectivity index (χ3n) is 4.31. The van der Waals surface area contributed by atoms with Gasteiger partial charge in [-0.25, -0.2) is 4.98 Å². The highest BCUT2D eigenvalue weighted by molar-refractivity contribution is 5.77. The van der Waals surface area contributed by atoms with Gasteiger partial charge in [0.15, 0.2) is 0 Å². The van der Waals surface area contributed by atoms with E-state index in [1.54, 1.807) is 0 Å². The molecule has 1 fully saturated rings. The molecule has 0 saturated heterocycles. The maximum Gasteiger partial charge on any atom is 0.243 e. The van der Waals surface area contributed by atoms with E-state index in [4.69, 9.17) is 4.98 Å². The van der Waals surface area contributed by atoms with Crippen molar-refractivity contribution < 1.29 is 0 Å². The van der Waals surface area contributed by atoms with E-state index < -0.39 is 0 Å². The molecular weight excluding hydrogens is 296 g/mol. The molecule has 0 unspecified atom stereocenters. The highest BCUT2D eigenvalue weighted by Gasteiger charge is 2.20. The molecule has 0 bridgehead atoms. The van der Waals surface area contributed by atoms with Gasteiger partial charge in [-0.3, -0.25) is 0 Å². The van der Waals surface area contributed by atoms with E-state index >= 15 is 0 Å². The zero-order valence-electron chi connectivity index (χ0n) is 13.5. The summed E-state index contributed by atoms with van der Waals surface area (Å²) in [4.78, 5) is 4.75. The van der Waals surface area contributed by atoms with Crippen molar-refractivity contribution in [2.45, 2.75) is 19.3 Å². The Hall–Kier alpha value is -2.75. The fraction of sp³-hybridized carbons (Fsp3) is 0.250. The van der Waals surface area contributed by atoms with Crippen LogP contribution < -0.4 is 5.32 Å². The fourth-order valence-electron chi connectivity index (χ4n) is 2.78. The van der Waals surface area contributed by atoms with Crippen LogP contribution in [-0.4, -0.2) is 21.7 Å². The van der Waals surface area contributed by atoms with Crippen LogP contribution in [-0.2, 0) is 0 Å². The Morgan fingerprint density at radius 1 is 0.792 bits per heavy atom. The zero-order valence-corrected chi connectivity index (χ0v) is 13.5. The van der Waals surface area contributed by atoms with Crippen molar-refractivity contribution in [3.05, 3.63) is 60.7 Å². The van der Waals surface area contributed by atoms with Gasteiger partial charge in [-0.05, 0) is 12.3 Å². The predicted molar refractivity (Wildman–Crippen MR) is 96.5 cm³/mol. The normalized spacial score (nSPS) is 13.7. The molecule has 1 heterocycles. The van der Waals surface area contributed by atoms with Gasteiger partial charge in [0.05, 0.1) is 0 Å². The van der Waals surface area contributed by atoms with E-state index in [9.17, 15) is 0 Å². The number of rotatable bonds is 6. The molecule has 1 aliphatic rings. The van der Waals surface area contributed by atoms with E-state index in [-0.39, 0.29) is 0 Å². The molecule has 2 aromatic carbocycles. The second-order valence-corrected chi connectivity index (χ2v) is 6.22. The monoisotopic (exact) mass is 316 g/mol. The van der Waals surface area contributed by atoms with Crippen LogP contribution in [0.2, 0.25) is 0 Å². The molecule has 1 aromatic heterocycles. The van der Waals surface area contributed by atoms with E-state index in [0.29, 0.717) is 5.95 Å². The van der Waals surface area contributed by atoms with Crippen molar-refractivity contribution >= 4 is 5.95 Å². The third-order valence-corrected chi connectivity index (χ3v) is 4.31. The van der Waals surface area contributed by atoms with Crippen LogP contribution in [0.15, 0.2) is 60.7 Å². The molecule has 0 aliphatic heterocycles. The standard InChI is InChI=1S/C20H20N4/c1-3-7-16(8-4-1)18-19(17-9-5-2-6-10-17)23-24-20(22-18)21-14-13-15-11-12-15/h1-10,15H,11-14H2,(H,21,22,24). The lowest BCUT2D eigenvalue weighted by Gasteiger charge is -2.10. The summed E-state index contributed by atoms with van der Waals surface area (Å²) in [5, 5.41) is 12.1. The summed E-state index contributed by atoms with van der Waals surface area (Å²) in [5.41, 5.74) is 3.76. The largest absolute Gasteiger partial charge is 0.353 e. The van der Waals surface area contributed by atoms with E-state index in [2.05, 4.69) is 27.6 Å². The first-order chi connectivity index (χ1) is 11.9. The molecular formula is C20H20N4. The van der Waals surface area contributed by atoms with Gasteiger partial charge in [0.25, 0.3) is 0 Å². The minimum atomic E-state index is 0.606. The van der Waals surface area contributed by atoms with Crippen LogP contribution in [0.5, 0.6) is 0 Å². The molecule has 3 aromatic rings. The molecule has 0 radical (unpaired) electrons. The van der Waals surface area contributed by atoms with Gasteiger partial charge in [0, 0.05) is 17.7 Å². The van der Waals surface area contributed by atoms with Crippen LogP contribution in [0.3, 0.4) is 0 Å². The molecule has 1 saturated carbocycles. The summed E-state index contributed by atoms with van der Waals surface area (Å²) in [6.07, 6.45) is 3.91. The lowest BCUT2D eigenvalue weighted by atomic mass is 10.0. The van der Waals surface area contributed by atoms with Crippen LogP contribution >= 0.6 is 0 Å². The van der Waals surface area contributed by atoms with Crippen LogP contribution in [0.25, 0.3) is 22.5 Å². The van der Waals surface area contributed by atoms with Crippen molar-refractivity contribution in [3.8, 4) is 22.5 Å². The first kappa shape index (κ1) is 14.8. The highest BCUT2D eigenvalue weighted by atomic mass is 15.2. The Bertz CT molecular complexity index is 798. The Morgan fingerprint density at radius 3 is 2.04 bits per heavy atom. The third kappa shape index (κ3) is 3.43. The molecule has 4 rings (SSSR count). The lowest BCUT2D eigenvalue weighted by molar-refractivity contribution is 0.753. The zero-order chi connectivity index (χ0) is 16.2. The predicted octanol–water partition coefficient (Wildman–Crippen LogP) is 4.42. The second kappa shape index (κ2) is 6.79. The SMILES string of the molecule is c1ccc(-c2nnc(NCCC3CC3)nc2-c2ccccc2)cc1. The average molecular weight is 316 g/mol. The summed E-state index contributed by atoms with van der Waals surface area (Å²) < 4.78 is 0. The molecule has 1 aliphatic carbocycles. The van der Waals surface area contributed by atoms with Gasteiger partial charge < -0.3 is 5.32 Å². The Kier molecular flexibility index (Phi) is 4.19. The Balaban J connectivity index is 1.67. The second-order valence-electron chi connectivity index (χ2n) is 6.22. The van der Waals surface area contributed by atoms with Crippen LogP contribution in [0, 0.1) is 5.92 Å². The maximum atomic E-state index is 4.75. The number of aromatic nitrogens is 3. The van der Waals surface area contributed by atoms with Gasteiger partial charge in [-0.15, -0.1) is 10.2 Å². The lowest BCUT2D eigenvalue weighted by Crippen LogP contribution is -2.08. The number of nitrogens with zero attached hydrogens (tertiary/aromatic N) is 3. The summed E-state index contributed by atoms with van der Waals surface area (Å²) >= 11 is 0. The number of nitrogens with one attached hydrogen (secondary N) is 1. The molecule has 24 heavy (non-hydrogen) atoms. The minimum Gasteiger partial charge on any atom is -0.353 e. The average Bonchev–Trinajstić information content (AvgIpc) is 3.47. The summed E-state index contributed by atoms with van der Waals surface area (Å²) in [6, 6.07) is 20.3. The Labute approximate surface area is 142 Å². The number of benzene rings is 2. The van der Waals surface area contributed by atoms with Gasteiger partial charge in [0.1, 0.15) is 11.4 Å². The molecule has 1 N–H and O–H groups in total. The van der Waals surface area contributed by atoms with Gasteiger partial charge in [0.2, 0.25) is 5.95 Å². The van der Waals surface area contributed by atoms with Crippen molar-refractivity contribution in [3.63, 3.8) is 0 Å². The summed E-state index contributed by atoms with van der Waals surface area (Å²) in [6.45, 7) is 0.908. The molecule has 4 heteroatoms. The maximum absolute atomic E-state index is 4.75. The van der Waals surface area contributed by atoms with Crippen molar-refractivity contribution in [1.29, 1.82) is 0 Å². The van der Waals surface area contributed by atoms with E-state index in [0.717, 1.165) is 35.0 Å². The molecule has 0 spiro atoms. The van der Waals surface area contributed by atoms with Crippen molar-refractivity contribution in [1.82, 2.24) is 15.2 Å². The van der Waals surface area contributed by atoms with E-state index in [1.165, 1.54) is 19.3 Å². The number of hydrogen-bond donors (Lipinski definition) is 1. The summed E-state index contributed by atoms with van der Waals surface area (Å²) in [7, 11) is 0. The Morgan fingerprint density at radius 2 is 1.42 bits per heavy atom. The topological polar surface area (TPSA) is 50.7 Å². The quantitative estimate of drug-likeness (QED) is 0.731.